The summed E-state index contributed by atoms with van der Waals surface area (Å²) in [4.78, 5) is 22.3. The Balaban J connectivity index is 2.06. The lowest BCUT2D eigenvalue weighted by Gasteiger charge is -2.19. The van der Waals surface area contributed by atoms with Crippen LogP contribution in [0.2, 0.25) is 0 Å². The van der Waals surface area contributed by atoms with Gasteiger partial charge in [0, 0.05) is 40.5 Å². The van der Waals surface area contributed by atoms with Gasteiger partial charge in [0.2, 0.25) is 10.0 Å². The molecule has 1 amide bonds. The molecule has 0 fully saturated rings. The van der Waals surface area contributed by atoms with E-state index < -0.39 is 15.8 Å². The number of sulfonamides is 1. The Morgan fingerprint density at radius 3 is 2.22 bits per heavy atom. The first-order valence-electron chi connectivity index (χ1n) is 9.48. The number of aromatic nitrogens is 2. The third-order valence-electron chi connectivity index (χ3n) is 4.44. The first-order chi connectivity index (χ1) is 15.1. The van der Waals surface area contributed by atoms with Crippen molar-refractivity contribution in [3.05, 3.63) is 66.2 Å². The van der Waals surface area contributed by atoms with Crippen LogP contribution in [0, 0.1) is 5.82 Å². The Morgan fingerprint density at radius 1 is 0.906 bits per heavy atom. The van der Waals surface area contributed by atoms with Crippen molar-refractivity contribution >= 4 is 38.9 Å². The molecule has 0 spiro atoms. The van der Waals surface area contributed by atoms with Crippen molar-refractivity contribution < 1.29 is 17.6 Å². The van der Waals surface area contributed by atoms with Gasteiger partial charge in [0.15, 0.2) is 0 Å². The molecule has 0 atom stereocenters. The van der Waals surface area contributed by atoms with Crippen LogP contribution in [0.15, 0.2) is 59.8 Å². The predicted octanol–water partition coefficient (Wildman–Crippen LogP) is 3.06. The van der Waals surface area contributed by atoms with E-state index in [4.69, 9.17) is 0 Å². The molecule has 2 N–H and O–H groups in total. The van der Waals surface area contributed by atoms with Crippen LogP contribution in [0.3, 0.4) is 0 Å². The van der Waals surface area contributed by atoms with Crippen molar-refractivity contribution in [3.8, 4) is 0 Å². The van der Waals surface area contributed by atoms with E-state index in [0.29, 0.717) is 23.0 Å². The largest absolute Gasteiger partial charge is 0.354 e. The van der Waals surface area contributed by atoms with Gasteiger partial charge >= 0.3 is 0 Å². The van der Waals surface area contributed by atoms with Crippen LogP contribution in [-0.4, -0.2) is 61.7 Å². The predicted molar refractivity (Wildman–Crippen MR) is 120 cm³/mol. The van der Waals surface area contributed by atoms with Crippen LogP contribution in [0.25, 0.3) is 0 Å². The van der Waals surface area contributed by atoms with E-state index in [0.717, 1.165) is 10.5 Å². The van der Waals surface area contributed by atoms with Crippen molar-refractivity contribution in [2.24, 2.45) is 0 Å². The monoisotopic (exact) mass is 458 g/mol. The maximum Gasteiger partial charge on any atom is 0.257 e. The zero-order chi connectivity index (χ0) is 23.5. The number of nitrogens with one attached hydrogen (secondary N) is 2. The number of nitrogens with zero attached hydrogens (tertiary/aromatic N) is 4. The van der Waals surface area contributed by atoms with E-state index in [1.54, 1.807) is 38.4 Å². The Bertz CT molecular complexity index is 1230. The molecule has 0 radical (unpaired) electrons. The fourth-order valence-electron chi connectivity index (χ4n) is 2.76. The maximum atomic E-state index is 13.1. The second-order valence-corrected chi connectivity index (χ2v) is 9.33. The molecule has 168 valence electrons. The van der Waals surface area contributed by atoms with Gasteiger partial charge < -0.3 is 15.5 Å². The molecular weight excluding hydrogens is 435 g/mol. The SMILES string of the molecule is CN(C)C(=O)c1cnc(Nc2ccc(F)cn2)cc1Nc1ccccc1S(=O)(=O)N(C)C. The molecule has 9 nitrogen and oxygen atoms in total. The molecule has 2 aromatic heterocycles. The average Bonchev–Trinajstić information content (AvgIpc) is 2.75. The maximum absolute atomic E-state index is 13.1. The summed E-state index contributed by atoms with van der Waals surface area (Å²) in [5.74, 6) is -0.113. The zero-order valence-corrected chi connectivity index (χ0v) is 18.8. The molecule has 0 aliphatic rings. The summed E-state index contributed by atoms with van der Waals surface area (Å²) < 4.78 is 39.7. The highest BCUT2D eigenvalue weighted by molar-refractivity contribution is 7.89. The number of pyridine rings is 2. The minimum Gasteiger partial charge on any atom is -0.354 e. The second kappa shape index (κ2) is 9.28. The molecule has 0 aliphatic carbocycles. The van der Waals surface area contributed by atoms with Crippen molar-refractivity contribution in [3.63, 3.8) is 0 Å². The quantitative estimate of drug-likeness (QED) is 0.560. The highest BCUT2D eigenvalue weighted by Crippen LogP contribution is 2.30. The van der Waals surface area contributed by atoms with Crippen molar-refractivity contribution in [2.45, 2.75) is 4.90 Å². The van der Waals surface area contributed by atoms with Crippen molar-refractivity contribution in [2.75, 3.05) is 38.8 Å². The Kier molecular flexibility index (Phi) is 6.70. The van der Waals surface area contributed by atoms with E-state index in [2.05, 4.69) is 20.6 Å². The summed E-state index contributed by atoms with van der Waals surface area (Å²) in [5.41, 5.74) is 0.875. The van der Waals surface area contributed by atoms with Crippen LogP contribution < -0.4 is 10.6 Å². The number of benzene rings is 1. The van der Waals surface area contributed by atoms with Gasteiger partial charge in [0.05, 0.1) is 23.1 Å². The van der Waals surface area contributed by atoms with E-state index in [-0.39, 0.29) is 16.4 Å². The van der Waals surface area contributed by atoms with E-state index >= 15 is 0 Å². The fourth-order valence-corrected chi connectivity index (χ4v) is 3.80. The third-order valence-corrected chi connectivity index (χ3v) is 6.31. The van der Waals surface area contributed by atoms with E-state index in [1.807, 2.05) is 0 Å². The molecule has 3 rings (SSSR count). The van der Waals surface area contributed by atoms with Gasteiger partial charge in [-0.15, -0.1) is 0 Å². The summed E-state index contributed by atoms with van der Waals surface area (Å²) in [6.45, 7) is 0. The number of para-hydroxylation sites is 1. The Hall–Kier alpha value is -3.57. The molecular formula is C21H23FN6O3S. The molecule has 1 aromatic carbocycles. The van der Waals surface area contributed by atoms with Gasteiger partial charge in [-0.2, -0.15) is 0 Å². The van der Waals surface area contributed by atoms with Crippen LogP contribution in [0.4, 0.5) is 27.4 Å². The second-order valence-electron chi connectivity index (χ2n) is 7.21. The molecule has 11 heteroatoms. The topological polar surface area (TPSA) is 108 Å². The summed E-state index contributed by atoms with van der Waals surface area (Å²) in [6.07, 6.45) is 2.44. The highest BCUT2D eigenvalue weighted by Gasteiger charge is 2.23. The molecule has 0 saturated heterocycles. The standard InChI is InChI=1S/C21H23FN6O3S/c1-27(2)21(29)15-13-24-20(26-19-10-9-14(22)12-23-19)11-17(15)25-16-7-5-6-8-18(16)32(30,31)28(3)4/h5-13H,1-4H3,(H2,23,24,25,26). The van der Waals surface area contributed by atoms with Crippen molar-refractivity contribution in [1.29, 1.82) is 0 Å². The lowest BCUT2D eigenvalue weighted by molar-refractivity contribution is 0.0828. The number of hydrogen-bond acceptors (Lipinski definition) is 7. The first kappa shape index (κ1) is 23.1. The lowest BCUT2D eigenvalue weighted by Crippen LogP contribution is -2.24. The minimum absolute atomic E-state index is 0.0553. The number of amides is 1. The molecule has 2 heterocycles. The summed E-state index contributed by atoms with van der Waals surface area (Å²) in [6, 6.07) is 10.6. The summed E-state index contributed by atoms with van der Waals surface area (Å²) >= 11 is 0. The van der Waals surface area contributed by atoms with Gasteiger partial charge in [-0.25, -0.2) is 27.1 Å². The lowest BCUT2D eigenvalue weighted by atomic mass is 10.2. The van der Waals surface area contributed by atoms with Gasteiger partial charge in [-0.3, -0.25) is 4.79 Å². The molecule has 0 aliphatic heterocycles. The van der Waals surface area contributed by atoms with Gasteiger partial charge in [0.25, 0.3) is 5.91 Å². The number of rotatable bonds is 7. The molecule has 0 bridgehead atoms. The normalized spacial score (nSPS) is 11.3. The van der Waals surface area contributed by atoms with Gasteiger partial charge in [-0.1, -0.05) is 12.1 Å². The van der Waals surface area contributed by atoms with Crippen LogP contribution in [0.5, 0.6) is 0 Å². The molecule has 32 heavy (non-hydrogen) atoms. The smallest absolute Gasteiger partial charge is 0.257 e. The number of anilines is 4. The Morgan fingerprint density at radius 2 is 1.59 bits per heavy atom. The number of carbonyl (C=O) groups is 1. The number of hydrogen-bond donors (Lipinski definition) is 2. The van der Waals surface area contributed by atoms with E-state index in [9.17, 15) is 17.6 Å². The molecule has 0 saturated carbocycles. The fraction of sp³-hybridized carbons (Fsp3) is 0.190. The van der Waals surface area contributed by atoms with Crippen LogP contribution in [-0.2, 0) is 10.0 Å². The Labute approximate surface area is 186 Å². The summed E-state index contributed by atoms with van der Waals surface area (Å²) in [5, 5.41) is 5.99. The van der Waals surface area contributed by atoms with Gasteiger partial charge in [0.1, 0.15) is 22.3 Å². The zero-order valence-electron chi connectivity index (χ0n) is 18.0. The van der Waals surface area contributed by atoms with E-state index in [1.165, 1.54) is 43.4 Å². The average molecular weight is 459 g/mol. The first-order valence-corrected chi connectivity index (χ1v) is 10.9. The minimum atomic E-state index is -3.74. The van der Waals surface area contributed by atoms with Crippen LogP contribution >= 0.6 is 0 Å². The third kappa shape index (κ3) is 5.01. The van der Waals surface area contributed by atoms with Crippen molar-refractivity contribution in [1.82, 2.24) is 19.2 Å². The summed E-state index contributed by atoms with van der Waals surface area (Å²) in [7, 11) is 2.35. The van der Waals surface area contributed by atoms with Crippen LogP contribution in [0.1, 0.15) is 10.4 Å². The number of carbonyl (C=O) groups excluding carboxylic acids is 1. The molecule has 3 aromatic rings. The van der Waals surface area contributed by atoms with Gasteiger partial charge in [-0.05, 0) is 24.3 Å². The number of halogens is 1. The molecule has 0 unspecified atom stereocenters. The highest BCUT2D eigenvalue weighted by atomic mass is 32.2.